The number of hydroxylamine groups is 3. The van der Waals surface area contributed by atoms with E-state index in [4.69, 9.17) is 18.9 Å². The summed E-state index contributed by atoms with van der Waals surface area (Å²) in [4.78, 5) is 63.7. The number of H-pyrrole nitrogens is 1. The fraction of sp³-hybridized carbons (Fsp3) is 0.565. The predicted octanol–water partition coefficient (Wildman–Crippen LogP) is 3.53. The molecule has 3 aromatic rings. The number of hydrogen-bond acceptors (Lipinski definition) is 12. The average Bonchev–Trinajstić information content (AvgIpc) is 3.92. The van der Waals surface area contributed by atoms with Gasteiger partial charge in [-0.2, -0.15) is 0 Å². The van der Waals surface area contributed by atoms with Crippen LogP contribution in [0, 0.1) is 16.5 Å². The topological polar surface area (TPSA) is 191 Å². The van der Waals surface area contributed by atoms with E-state index in [1.807, 2.05) is 56.3 Å². The number of nitrogens with zero attached hydrogens (tertiary/aromatic N) is 3. The van der Waals surface area contributed by atoms with Crippen LogP contribution >= 0.6 is 0 Å². The Balaban J connectivity index is 1.38. The Kier molecular flexibility index (Phi) is 9.61. The van der Waals surface area contributed by atoms with Crippen molar-refractivity contribution in [2.24, 2.45) is 11.3 Å². The number of para-hydroxylation sites is 1. The van der Waals surface area contributed by atoms with Crippen molar-refractivity contribution in [2.45, 2.75) is 99.5 Å². The summed E-state index contributed by atoms with van der Waals surface area (Å²) in [5, 5.41) is 40.9. The summed E-state index contributed by atoms with van der Waals surface area (Å²) in [6.45, 7) is 6.48. The van der Waals surface area contributed by atoms with Crippen molar-refractivity contribution < 1.29 is 53.0 Å². The molecule has 10 atom stereocenters. The monoisotopic (exact) mass is 840 g/mol. The van der Waals surface area contributed by atoms with Crippen molar-refractivity contribution in [2.75, 3.05) is 59.0 Å². The maximum Gasteiger partial charge on any atom is 0.344 e. The molecule has 2 bridgehead atoms. The quantitative estimate of drug-likeness (QED) is 0.0749. The molecule has 5 aliphatic heterocycles. The van der Waals surface area contributed by atoms with Gasteiger partial charge < -0.3 is 48.9 Å². The molecule has 326 valence electrons. The van der Waals surface area contributed by atoms with Crippen LogP contribution in [0.15, 0.2) is 48.6 Å². The van der Waals surface area contributed by atoms with Gasteiger partial charge in [0.2, 0.25) is 12.0 Å². The van der Waals surface area contributed by atoms with E-state index in [9.17, 15) is 29.8 Å². The molecule has 2 saturated heterocycles. The Bertz CT molecular complexity index is 2370. The average molecular weight is 841 g/mol. The number of benzene rings is 2. The van der Waals surface area contributed by atoms with E-state index < -0.39 is 74.1 Å². The highest BCUT2D eigenvalue weighted by molar-refractivity contribution is 5.96. The normalized spacial score (nSPS) is 37.3. The lowest BCUT2D eigenvalue weighted by Crippen LogP contribution is -2.81. The molecule has 1 saturated carbocycles. The minimum absolute atomic E-state index is 0.0411. The van der Waals surface area contributed by atoms with E-state index in [1.54, 1.807) is 6.07 Å². The Hall–Kier alpha value is -4.80. The van der Waals surface area contributed by atoms with E-state index in [-0.39, 0.29) is 38.2 Å². The molecule has 61 heavy (non-hydrogen) atoms. The molecule has 2 aromatic carbocycles. The van der Waals surface area contributed by atoms with Gasteiger partial charge in [-0.3, -0.25) is 19.3 Å². The molecule has 6 heterocycles. The third kappa shape index (κ3) is 5.39. The van der Waals surface area contributed by atoms with Crippen LogP contribution in [-0.2, 0) is 50.6 Å². The summed E-state index contributed by atoms with van der Waals surface area (Å²) in [7, 11) is 3.97. The number of amides is 1. The van der Waals surface area contributed by atoms with E-state index >= 15 is 4.79 Å². The number of carbonyl (C=O) groups is 4. The van der Waals surface area contributed by atoms with Crippen LogP contribution in [0.5, 0.6) is 5.75 Å². The largest absolute Gasteiger partial charge is 0.633 e. The van der Waals surface area contributed by atoms with E-state index in [2.05, 4.69) is 9.88 Å². The zero-order valence-corrected chi connectivity index (χ0v) is 35.7. The number of piperidine rings is 1. The Morgan fingerprint density at radius 1 is 1.02 bits per heavy atom. The minimum Gasteiger partial charge on any atom is -0.633 e. The molecule has 1 aromatic heterocycles. The first-order chi connectivity index (χ1) is 29.1. The molecule has 1 aliphatic carbocycles. The molecule has 1 amide bonds. The number of esters is 3. The van der Waals surface area contributed by atoms with Crippen LogP contribution in [0.3, 0.4) is 0 Å². The number of carbonyl (C=O) groups excluding carboxylic acids is 4. The number of methoxy groups -OCH3 is 3. The van der Waals surface area contributed by atoms with Crippen molar-refractivity contribution in [3.8, 4) is 5.75 Å². The van der Waals surface area contributed by atoms with Gasteiger partial charge in [-0.1, -0.05) is 44.2 Å². The van der Waals surface area contributed by atoms with Crippen molar-refractivity contribution in [3.05, 3.63) is 76.1 Å². The third-order valence-corrected chi connectivity index (χ3v) is 15.7. The van der Waals surface area contributed by atoms with Crippen molar-refractivity contribution in [1.29, 1.82) is 0 Å². The zero-order chi connectivity index (χ0) is 43.5. The fourth-order valence-corrected chi connectivity index (χ4v) is 13.6. The first-order valence-electron chi connectivity index (χ1n) is 21.4. The first kappa shape index (κ1) is 41.5. The molecule has 6 aliphatic rings. The summed E-state index contributed by atoms with van der Waals surface area (Å²) in [6.07, 6.45) is 4.80. The van der Waals surface area contributed by atoms with Crippen molar-refractivity contribution in [1.82, 2.24) is 9.88 Å². The SMILES string of the molecule is CC[C@]1(O)C[C@@H]2C[C@](C(=O)OC)(c3cc4c(cc3OC)N(C=O)[C@H]3[C@@](O)(C(=O)OC)[C@@H](OC(C)=O)[C@]5(CC)C=CCN6CC[C@]43[C@@H]65)c3[nH]c4ccccc4c3CC[N@+]([O-])(C2)C1. The molecule has 15 heteroatoms. The molecule has 3 N–H and O–H groups in total. The van der Waals surface area contributed by atoms with Crippen molar-refractivity contribution >= 4 is 40.9 Å². The minimum atomic E-state index is -2.57. The van der Waals surface area contributed by atoms with Gasteiger partial charge in [-0.15, -0.1) is 0 Å². The number of nitrogens with one attached hydrogen (secondary N) is 1. The smallest absolute Gasteiger partial charge is 0.344 e. The number of aliphatic hydroxyl groups is 2. The van der Waals surface area contributed by atoms with Gasteiger partial charge in [0.15, 0.2) is 6.10 Å². The van der Waals surface area contributed by atoms with Gasteiger partial charge in [0.25, 0.3) is 0 Å². The fourth-order valence-electron chi connectivity index (χ4n) is 13.6. The summed E-state index contributed by atoms with van der Waals surface area (Å²) >= 11 is 0. The number of fused-ring (bicyclic) bond motifs is 6. The lowest BCUT2D eigenvalue weighted by Gasteiger charge is -2.63. The van der Waals surface area contributed by atoms with Crippen LogP contribution in [0.1, 0.15) is 75.3 Å². The molecule has 1 spiro atoms. The zero-order valence-electron chi connectivity index (χ0n) is 35.7. The lowest BCUT2D eigenvalue weighted by atomic mass is 9.47. The molecule has 0 radical (unpaired) electrons. The highest BCUT2D eigenvalue weighted by Gasteiger charge is 2.81. The summed E-state index contributed by atoms with van der Waals surface area (Å²) in [5.74, 6) is -2.58. The predicted molar refractivity (Wildman–Crippen MR) is 222 cm³/mol. The van der Waals surface area contributed by atoms with Crippen LogP contribution in [-0.4, -0.2) is 133 Å². The Labute approximate surface area is 354 Å². The highest BCUT2D eigenvalue weighted by atomic mass is 16.6. The summed E-state index contributed by atoms with van der Waals surface area (Å²) < 4.78 is 23.0. The van der Waals surface area contributed by atoms with Crippen LogP contribution < -0.4 is 9.64 Å². The van der Waals surface area contributed by atoms with Crippen LogP contribution in [0.25, 0.3) is 10.9 Å². The van der Waals surface area contributed by atoms with Gasteiger partial charge in [0.05, 0.1) is 46.1 Å². The molecule has 3 fully saturated rings. The van der Waals surface area contributed by atoms with Crippen molar-refractivity contribution in [3.63, 3.8) is 0 Å². The maximum absolute atomic E-state index is 15.3. The van der Waals surface area contributed by atoms with E-state index in [0.717, 1.165) is 23.6 Å². The molecule has 9 rings (SSSR count). The number of rotatable bonds is 8. The van der Waals surface area contributed by atoms with E-state index in [0.29, 0.717) is 67.7 Å². The van der Waals surface area contributed by atoms with E-state index in [1.165, 1.54) is 26.0 Å². The second-order valence-corrected chi connectivity index (χ2v) is 18.5. The number of aromatic nitrogens is 1. The van der Waals surface area contributed by atoms with Crippen LogP contribution in [0.2, 0.25) is 0 Å². The molecule has 0 unspecified atom stereocenters. The van der Waals surface area contributed by atoms with Gasteiger partial charge >= 0.3 is 17.9 Å². The second kappa shape index (κ2) is 14.1. The number of ether oxygens (including phenoxy) is 4. The Morgan fingerprint density at radius 3 is 2.44 bits per heavy atom. The molecular formula is C46H56N4O11. The third-order valence-electron chi connectivity index (χ3n) is 15.7. The first-order valence-corrected chi connectivity index (χ1v) is 21.4. The van der Waals surface area contributed by atoms with Gasteiger partial charge in [-0.25, -0.2) is 4.79 Å². The van der Waals surface area contributed by atoms with Crippen LogP contribution in [0.4, 0.5) is 5.69 Å². The number of anilines is 1. The second-order valence-electron chi connectivity index (χ2n) is 18.5. The Morgan fingerprint density at radius 2 is 1.77 bits per heavy atom. The summed E-state index contributed by atoms with van der Waals surface area (Å²) in [5.41, 5.74) is -4.32. The number of hydrogen-bond donors (Lipinski definition) is 3. The van der Waals surface area contributed by atoms with Gasteiger partial charge in [-0.05, 0) is 61.9 Å². The molecule has 15 nitrogen and oxygen atoms in total. The standard InChI is InChI=1S/C46H56N4O11/c1-7-42(55)22-28-23-45(40(53)59-5,36-30(14-19-50(57,24-28)25-42)29-12-9-10-13-33(29)47-36)32-20-31-34(21-35(32)58-4)49(26-51)38-44(31)16-18-48-17-11-15-43(8-2,37(44)48)39(61-27(3)52)46(38,56)41(54)60-6/h9-13,15,20-21,26,28,37-39,47,55-56H,7-8,14,16-19,22-25H2,1-6H3/t28-,37+,38-,39+,42+,43-,44-,45+,46+,50+/m1/s1. The maximum atomic E-state index is 15.3. The lowest BCUT2D eigenvalue weighted by molar-refractivity contribution is -0.896. The summed E-state index contributed by atoms with van der Waals surface area (Å²) in [6, 6.07) is 9.49. The molecular weight excluding hydrogens is 785 g/mol. The van der Waals surface area contributed by atoms with Gasteiger partial charge in [0.1, 0.15) is 23.3 Å². The number of quaternary nitrogens is 1. The van der Waals surface area contributed by atoms with Gasteiger partial charge in [0, 0.05) is 70.9 Å². The number of aromatic amines is 1. The highest BCUT2D eigenvalue weighted by Crippen LogP contribution is 2.68.